The van der Waals surface area contributed by atoms with Gasteiger partial charge in [-0.25, -0.2) is 0 Å². The molecule has 0 radical (unpaired) electrons. The van der Waals surface area contributed by atoms with Crippen molar-refractivity contribution in [2.24, 2.45) is 0 Å². The van der Waals surface area contributed by atoms with Crippen LogP contribution in [0.25, 0.3) is 0 Å². The van der Waals surface area contributed by atoms with Gasteiger partial charge in [0.15, 0.2) is 0 Å². The van der Waals surface area contributed by atoms with Crippen LogP contribution in [-0.2, 0) is 41.9 Å². The Hall–Kier alpha value is 3.55. The average Bonchev–Trinajstić information content (AvgIpc) is 0. The van der Waals surface area contributed by atoms with Gasteiger partial charge in [0.05, 0.1) is 0 Å². The molecule has 0 spiro atoms. The zero-order valence-corrected chi connectivity index (χ0v) is 13.1. The first-order valence-electron chi connectivity index (χ1n) is 0. The van der Waals surface area contributed by atoms with Crippen LogP contribution in [0.3, 0.4) is 0 Å². The van der Waals surface area contributed by atoms with Gasteiger partial charge in [-0.3, -0.25) is 0 Å². The van der Waals surface area contributed by atoms with Crippen LogP contribution in [0.4, 0.5) is 0 Å². The number of rotatable bonds is 0. The minimum absolute atomic E-state index is 0. The van der Waals surface area contributed by atoms with E-state index in [1.807, 2.05) is 0 Å². The van der Waals surface area contributed by atoms with Crippen molar-refractivity contribution in [3.8, 4) is 0 Å². The minimum Gasteiger partial charge on any atom is -1.00 e. The van der Waals surface area contributed by atoms with E-state index in [1.54, 1.807) is 0 Å². The summed E-state index contributed by atoms with van der Waals surface area (Å²) in [4.78, 5) is 0. The molecule has 0 aliphatic heterocycles. The third kappa shape index (κ3) is 18.4. The van der Waals surface area contributed by atoms with Crippen LogP contribution in [0.15, 0.2) is 0 Å². The molecule has 0 aliphatic carbocycles. The Morgan fingerprint density at radius 1 is 0.600 bits per heavy atom. The van der Waals surface area contributed by atoms with Gasteiger partial charge in [-0.1, -0.05) is 0 Å². The van der Waals surface area contributed by atoms with E-state index in [2.05, 4.69) is 0 Å². The minimum atomic E-state index is 0. The molecule has 0 fully saturated rings. The predicted octanol–water partition coefficient (Wildman–Crippen LogP) is -8.99. The quantitative estimate of drug-likeness (QED) is 0.207. The van der Waals surface area contributed by atoms with Crippen LogP contribution in [-0.4, -0.2) is 0 Å². The molecule has 0 aromatic rings. The van der Waals surface area contributed by atoms with Crippen molar-refractivity contribution < 1.29 is 114 Å². The van der Waals surface area contributed by atoms with Crippen molar-refractivity contribution >= 4 is 0 Å². The van der Waals surface area contributed by atoms with Gasteiger partial charge in [0.1, 0.15) is 0 Å². The Bertz CT molecular complexity index is 6.85. The second kappa shape index (κ2) is 25.7. The SMILES string of the molecule is [Ag+].[I-].[I-].[I-].[Zn+2]. The first-order valence-corrected chi connectivity index (χ1v) is 0. The van der Waals surface area contributed by atoms with Gasteiger partial charge in [-0.05, 0) is 0 Å². The van der Waals surface area contributed by atoms with Gasteiger partial charge in [0.25, 0.3) is 0 Å². The molecule has 0 aliphatic rings. The molecule has 0 saturated carbocycles. The summed E-state index contributed by atoms with van der Waals surface area (Å²) in [7, 11) is 0. The second-order valence-electron chi connectivity index (χ2n) is 0. The molecule has 0 aromatic heterocycles. The van der Waals surface area contributed by atoms with Crippen molar-refractivity contribution in [3.63, 3.8) is 0 Å². The Balaban J connectivity index is 0. The van der Waals surface area contributed by atoms with Gasteiger partial charge >= 0.3 is 41.9 Å². The predicted molar refractivity (Wildman–Crippen MR) is 0 cm³/mol. The molecule has 0 atom stereocenters. The molecule has 0 unspecified atom stereocenters. The van der Waals surface area contributed by atoms with Crippen LogP contribution in [0.1, 0.15) is 0 Å². The number of halogens is 3. The largest absolute Gasteiger partial charge is 2.00 e. The molecule has 0 heterocycles. The Kier molecular flexibility index (Phi) is 199. The Morgan fingerprint density at radius 3 is 0.600 bits per heavy atom. The molecular formula is AgI3Zn. The molecule has 0 saturated heterocycles. The number of hydrogen-bond donors (Lipinski definition) is 0. The van der Waals surface area contributed by atoms with E-state index in [0.29, 0.717) is 0 Å². The average molecular weight is 554 g/mol. The maximum Gasteiger partial charge on any atom is 2.00 e. The molecule has 0 aromatic carbocycles. The van der Waals surface area contributed by atoms with E-state index in [0.717, 1.165) is 0 Å². The summed E-state index contributed by atoms with van der Waals surface area (Å²) < 4.78 is 0. The molecule has 0 rings (SSSR count). The van der Waals surface area contributed by atoms with E-state index >= 15 is 0 Å². The van der Waals surface area contributed by atoms with Gasteiger partial charge < -0.3 is 71.9 Å². The van der Waals surface area contributed by atoms with E-state index < -0.39 is 0 Å². The van der Waals surface area contributed by atoms with Crippen molar-refractivity contribution in [1.29, 1.82) is 0 Å². The van der Waals surface area contributed by atoms with Crippen molar-refractivity contribution in [2.45, 2.75) is 0 Å². The van der Waals surface area contributed by atoms with Gasteiger partial charge in [-0.15, -0.1) is 0 Å². The summed E-state index contributed by atoms with van der Waals surface area (Å²) in [5.74, 6) is 0. The summed E-state index contributed by atoms with van der Waals surface area (Å²) in [5, 5.41) is 0. The third-order valence-electron chi connectivity index (χ3n) is 0. The normalized spacial score (nSPS) is 0. The molecule has 5 heteroatoms. The van der Waals surface area contributed by atoms with Crippen molar-refractivity contribution in [2.75, 3.05) is 0 Å². The standard InChI is InChI=1S/Ag.3HI.Zn/h;3*1H;/q+1;;;;+2/p-3. The van der Waals surface area contributed by atoms with Gasteiger partial charge in [0, 0.05) is 0 Å². The van der Waals surface area contributed by atoms with Crippen LogP contribution in [0, 0.1) is 0 Å². The molecular weight excluding hydrogens is 554 g/mol. The fourth-order valence-corrected chi connectivity index (χ4v) is 0. The van der Waals surface area contributed by atoms with E-state index in [9.17, 15) is 0 Å². The van der Waals surface area contributed by atoms with Crippen LogP contribution in [0.5, 0.6) is 0 Å². The summed E-state index contributed by atoms with van der Waals surface area (Å²) in [6, 6.07) is 0. The summed E-state index contributed by atoms with van der Waals surface area (Å²) >= 11 is 0. The van der Waals surface area contributed by atoms with E-state index in [1.165, 1.54) is 0 Å². The fraction of sp³-hybridized carbons (Fsp3) is 0. The Labute approximate surface area is 111 Å². The van der Waals surface area contributed by atoms with Crippen LogP contribution in [0.2, 0.25) is 0 Å². The summed E-state index contributed by atoms with van der Waals surface area (Å²) in [6.07, 6.45) is 0. The maximum atomic E-state index is 0. The van der Waals surface area contributed by atoms with Gasteiger partial charge in [0.2, 0.25) is 0 Å². The first kappa shape index (κ1) is 38.6. The monoisotopic (exact) mass is 552 g/mol. The molecule has 0 amide bonds. The zero-order valence-electron chi connectivity index (χ0n) is 2.14. The first-order chi connectivity index (χ1) is 0. The van der Waals surface area contributed by atoms with E-state index in [4.69, 9.17) is 0 Å². The summed E-state index contributed by atoms with van der Waals surface area (Å²) in [6.45, 7) is 0. The molecule has 0 nitrogen and oxygen atoms in total. The molecule has 0 bridgehead atoms. The number of hydrogen-bond acceptors (Lipinski definition) is 0. The van der Waals surface area contributed by atoms with E-state index in [-0.39, 0.29) is 114 Å². The van der Waals surface area contributed by atoms with Crippen LogP contribution >= 0.6 is 0 Å². The third-order valence-corrected chi connectivity index (χ3v) is 0. The smallest absolute Gasteiger partial charge is 1.00 e. The van der Waals surface area contributed by atoms with Crippen LogP contribution < -0.4 is 71.9 Å². The molecule has 5 heavy (non-hydrogen) atoms. The second-order valence-corrected chi connectivity index (χ2v) is 0. The van der Waals surface area contributed by atoms with Crippen molar-refractivity contribution in [1.82, 2.24) is 0 Å². The van der Waals surface area contributed by atoms with Gasteiger partial charge in [-0.2, -0.15) is 0 Å². The summed E-state index contributed by atoms with van der Waals surface area (Å²) in [5.41, 5.74) is 0. The van der Waals surface area contributed by atoms with Crippen molar-refractivity contribution in [3.05, 3.63) is 0 Å². The zero-order chi connectivity index (χ0) is 0. The Morgan fingerprint density at radius 2 is 0.600 bits per heavy atom. The molecule has 0 N–H and O–H groups in total. The maximum absolute atomic E-state index is 0. The topological polar surface area (TPSA) is 0 Å². The molecule has 34 valence electrons. The fourth-order valence-electron chi connectivity index (χ4n) is 0.